The molecule has 0 radical (unpaired) electrons. The van der Waals surface area contributed by atoms with Gasteiger partial charge in [0.1, 0.15) is 0 Å². The molecule has 2 rings (SSSR count). The maximum atomic E-state index is 12.2. The number of rotatable bonds is 4. The molecule has 0 heterocycles. The average molecular weight is 285 g/mol. The van der Waals surface area contributed by atoms with Gasteiger partial charge < -0.3 is 5.32 Å². The highest BCUT2D eigenvalue weighted by atomic mass is 32.2. The highest BCUT2D eigenvalue weighted by Crippen LogP contribution is 2.25. The van der Waals surface area contributed by atoms with E-state index in [1.54, 1.807) is 11.8 Å². The van der Waals surface area contributed by atoms with Crippen LogP contribution in [0.4, 0.5) is 5.69 Å². The Labute approximate surface area is 124 Å². The summed E-state index contributed by atoms with van der Waals surface area (Å²) >= 11 is 1.57. The zero-order chi connectivity index (χ0) is 14.5. The molecule has 0 saturated heterocycles. The molecule has 1 amide bonds. The summed E-state index contributed by atoms with van der Waals surface area (Å²) in [5.41, 5.74) is 3.21. The Bertz CT molecular complexity index is 595. The largest absolute Gasteiger partial charge is 0.325 e. The quantitative estimate of drug-likeness (QED) is 0.842. The molecule has 2 aromatic carbocycles. The third-order valence-corrected chi connectivity index (χ3v) is 4.40. The van der Waals surface area contributed by atoms with Crippen LogP contribution in [-0.4, -0.2) is 11.2 Å². The summed E-state index contributed by atoms with van der Waals surface area (Å²) in [4.78, 5) is 13.4. The molecule has 1 atom stereocenters. The van der Waals surface area contributed by atoms with E-state index in [1.165, 1.54) is 5.56 Å². The Balaban J connectivity index is 2.03. The van der Waals surface area contributed by atoms with Gasteiger partial charge in [-0.2, -0.15) is 0 Å². The van der Waals surface area contributed by atoms with Gasteiger partial charge in [0.25, 0.3) is 0 Å². The van der Waals surface area contributed by atoms with Crippen molar-refractivity contribution in [3.8, 4) is 0 Å². The van der Waals surface area contributed by atoms with Gasteiger partial charge in [-0.3, -0.25) is 4.79 Å². The van der Waals surface area contributed by atoms with Gasteiger partial charge >= 0.3 is 0 Å². The number of aryl methyl sites for hydroxylation is 1. The van der Waals surface area contributed by atoms with Crippen LogP contribution in [0.15, 0.2) is 53.4 Å². The van der Waals surface area contributed by atoms with Gasteiger partial charge in [-0.15, -0.1) is 11.8 Å². The van der Waals surface area contributed by atoms with E-state index in [0.29, 0.717) is 0 Å². The fraction of sp³-hybridized carbons (Fsp3) is 0.235. The highest BCUT2D eigenvalue weighted by molar-refractivity contribution is 8.00. The molecule has 2 aromatic rings. The minimum atomic E-state index is -0.127. The van der Waals surface area contributed by atoms with E-state index in [1.807, 2.05) is 69.3 Å². The number of amides is 1. The topological polar surface area (TPSA) is 29.1 Å². The Kier molecular flexibility index (Phi) is 4.85. The molecule has 0 aromatic heterocycles. The van der Waals surface area contributed by atoms with Crippen LogP contribution in [0.3, 0.4) is 0 Å². The Morgan fingerprint density at radius 3 is 2.45 bits per heavy atom. The molecular weight excluding hydrogens is 266 g/mol. The maximum Gasteiger partial charge on any atom is 0.237 e. The van der Waals surface area contributed by atoms with Gasteiger partial charge in [-0.25, -0.2) is 0 Å². The molecule has 0 aliphatic rings. The zero-order valence-electron chi connectivity index (χ0n) is 12.0. The van der Waals surface area contributed by atoms with Crippen molar-refractivity contribution >= 4 is 23.4 Å². The lowest BCUT2D eigenvalue weighted by Gasteiger charge is -2.14. The van der Waals surface area contributed by atoms with E-state index in [9.17, 15) is 4.79 Å². The molecule has 0 saturated carbocycles. The summed E-state index contributed by atoms with van der Waals surface area (Å²) in [5, 5.41) is 2.88. The van der Waals surface area contributed by atoms with Gasteiger partial charge in [0.2, 0.25) is 5.91 Å². The predicted octanol–water partition coefficient (Wildman–Crippen LogP) is 4.42. The third kappa shape index (κ3) is 3.64. The molecule has 104 valence electrons. The molecule has 0 aliphatic heterocycles. The van der Waals surface area contributed by atoms with Crippen molar-refractivity contribution in [2.75, 3.05) is 5.32 Å². The van der Waals surface area contributed by atoms with Crippen LogP contribution in [0, 0.1) is 13.8 Å². The smallest absolute Gasteiger partial charge is 0.237 e. The summed E-state index contributed by atoms with van der Waals surface area (Å²) in [5.74, 6) is 0.0348. The SMILES string of the molecule is Cc1cccc(NC(=O)C(C)Sc2ccccc2)c1C. The van der Waals surface area contributed by atoms with E-state index in [2.05, 4.69) is 5.32 Å². The normalized spacial score (nSPS) is 11.9. The van der Waals surface area contributed by atoms with Crippen molar-refractivity contribution in [1.82, 2.24) is 0 Å². The summed E-state index contributed by atoms with van der Waals surface area (Å²) in [6, 6.07) is 15.9. The molecule has 0 bridgehead atoms. The van der Waals surface area contributed by atoms with Crippen molar-refractivity contribution in [2.24, 2.45) is 0 Å². The number of benzene rings is 2. The lowest BCUT2D eigenvalue weighted by molar-refractivity contribution is -0.115. The van der Waals surface area contributed by atoms with Crippen LogP contribution in [-0.2, 0) is 4.79 Å². The second kappa shape index (κ2) is 6.62. The van der Waals surface area contributed by atoms with Crippen molar-refractivity contribution in [3.63, 3.8) is 0 Å². The third-order valence-electron chi connectivity index (χ3n) is 3.29. The monoisotopic (exact) mass is 285 g/mol. The number of hydrogen-bond donors (Lipinski definition) is 1. The first kappa shape index (κ1) is 14.7. The number of hydrogen-bond acceptors (Lipinski definition) is 2. The molecule has 1 N–H and O–H groups in total. The molecule has 3 heteroatoms. The molecular formula is C17H19NOS. The van der Waals surface area contributed by atoms with Crippen LogP contribution in [0.5, 0.6) is 0 Å². The minimum absolute atomic E-state index is 0.0348. The maximum absolute atomic E-state index is 12.2. The summed E-state index contributed by atoms with van der Waals surface area (Å²) in [6.45, 7) is 6.01. The average Bonchev–Trinajstić information content (AvgIpc) is 2.45. The second-order valence-corrected chi connectivity index (χ2v) is 6.22. The van der Waals surface area contributed by atoms with E-state index >= 15 is 0 Å². The van der Waals surface area contributed by atoms with Crippen molar-refractivity contribution < 1.29 is 4.79 Å². The van der Waals surface area contributed by atoms with Gasteiger partial charge in [0.15, 0.2) is 0 Å². The number of carbonyl (C=O) groups is 1. The molecule has 20 heavy (non-hydrogen) atoms. The Morgan fingerprint density at radius 2 is 1.75 bits per heavy atom. The summed E-state index contributed by atoms with van der Waals surface area (Å²) in [6.07, 6.45) is 0. The lowest BCUT2D eigenvalue weighted by Crippen LogP contribution is -2.22. The molecule has 2 nitrogen and oxygen atoms in total. The Hall–Kier alpha value is -1.74. The van der Waals surface area contributed by atoms with Crippen molar-refractivity contribution in [1.29, 1.82) is 0 Å². The van der Waals surface area contributed by atoms with Gasteiger partial charge in [0, 0.05) is 10.6 Å². The van der Waals surface area contributed by atoms with Gasteiger partial charge in [0.05, 0.1) is 5.25 Å². The number of nitrogens with one attached hydrogen (secondary N) is 1. The minimum Gasteiger partial charge on any atom is -0.325 e. The number of anilines is 1. The van der Waals surface area contributed by atoms with Crippen LogP contribution in [0.2, 0.25) is 0 Å². The Morgan fingerprint density at radius 1 is 1.05 bits per heavy atom. The van der Waals surface area contributed by atoms with E-state index in [0.717, 1.165) is 16.1 Å². The fourth-order valence-corrected chi connectivity index (χ4v) is 2.77. The number of carbonyl (C=O) groups excluding carboxylic acids is 1. The second-order valence-electron chi connectivity index (χ2n) is 4.81. The van der Waals surface area contributed by atoms with Crippen molar-refractivity contribution in [2.45, 2.75) is 30.9 Å². The first-order chi connectivity index (χ1) is 9.58. The van der Waals surface area contributed by atoms with Crippen LogP contribution in [0.1, 0.15) is 18.1 Å². The van der Waals surface area contributed by atoms with E-state index in [-0.39, 0.29) is 11.2 Å². The van der Waals surface area contributed by atoms with Crippen molar-refractivity contribution in [3.05, 3.63) is 59.7 Å². The van der Waals surface area contributed by atoms with Gasteiger partial charge in [-0.05, 0) is 50.1 Å². The van der Waals surface area contributed by atoms with Gasteiger partial charge in [-0.1, -0.05) is 30.3 Å². The van der Waals surface area contributed by atoms with E-state index in [4.69, 9.17) is 0 Å². The zero-order valence-corrected chi connectivity index (χ0v) is 12.8. The molecule has 0 spiro atoms. The van der Waals surface area contributed by atoms with Crippen LogP contribution < -0.4 is 5.32 Å². The van der Waals surface area contributed by atoms with Crippen LogP contribution in [0.25, 0.3) is 0 Å². The molecule has 0 fully saturated rings. The highest BCUT2D eigenvalue weighted by Gasteiger charge is 2.15. The van der Waals surface area contributed by atoms with Crippen LogP contribution >= 0.6 is 11.8 Å². The van der Waals surface area contributed by atoms with E-state index < -0.39 is 0 Å². The first-order valence-electron chi connectivity index (χ1n) is 6.66. The fourth-order valence-electron chi connectivity index (χ4n) is 1.88. The summed E-state index contributed by atoms with van der Waals surface area (Å²) < 4.78 is 0. The number of thioether (sulfide) groups is 1. The lowest BCUT2D eigenvalue weighted by atomic mass is 10.1. The molecule has 0 aliphatic carbocycles. The first-order valence-corrected chi connectivity index (χ1v) is 7.54. The predicted molar refractivity (Wildman–Crippen MR) is 86.3 cm³/mol. The summed E-state index contributed by atoms with van der Waals surface area (Å²) in [7, 11) is 0. The standard InChI is InChI=1S/C17H19NOS/c1-12-8-7-11-16(13(12)2)18-17(19)14(3)20-15-9-5-4-6-10-15/h4-11,14H,1-3H3,(H,18,19). The molecule has 1 unspecified atom stereocenters.